The van der Waals surface area contributed by atoms with E-state index in [1.807, 2.05) is 12.3 Å². The summed E-state index contributed by atoms with van der Waals surface area (Å²) in [5.41, 5.74) is 1.09. The number of fused-ring (bicyclic) bond motifs is 2. The summed E-state index contributed by atoms with van der Waals surface area (Å²) in [6, 6.07) is 6.16. The highest BCUT2D eigenvalue weighted by molar-refractivity contribution is 5.76. The van der Waals surface area contributed by atoms with E-state index in [9.17, 15) is 9.90 Å². The lowest BCUT2D eigenvalue weighted by atomic mass is 9.55. The van der Waals surface area contributed by atoms with E-state index >= 15 is 0 Å². The lowest BCUT2D eigenvalue weighted by Gasteiger charge is -2.51. The van der Waals surface area contributed by atoms with E-state index in [0.29, 0.717) is 5.92 Å². The lowest BCUT2D eigenvalue weighted by Crippen LogP contribution is -3.15. The normalized spacial score (nSPS) is 39.2. The van der Waals surface area contributed by atoms with Crippen LogP contribution in [0.5, 0.6) is 0 Å². The largest absolute Gasteiger partial charge is 0.461 e. The molecule has 0 aromatic carbocycles. The van der Waals surface area contributed by atoms with Crippen molar-refractivity contribution in [1.29, 1.82) is 0 Å². The van der Waals surface area contributed by atoms with Crippen molar-refractivity contribution in [3.05, 3.63) is 36.0 Å². The molecule has 0 spiro atoms. The van der Waals surface area contributed by atoms with Crippen molar-refractivity contribution in [1.82, 2.24) is 0 Å². The Labute approximate surface area is 178 Å². The van der Waals surface area contributed by atoms with Crippen molar-refractivity contribution in [2.45, 2.75) is 45.3 Å². The number of nitrogens with one attached hydrogen (secondary N) is 2. The predicted octanol–water partition coefficient (Wildman–Crippen LogP) is 0.491. The maximum Gasteiger partial charge on any atom is 0.315 e. The van der Waals surface area contributed by atoms with Crippen LogP contribution in [0.1, 0.15) is 33.1 Å². The van der Waals surface area contributed by atoms with E-state index in [4.69, 9.17) is 4.74 Å². The smallest absolute Gasteiger partial charge is 0.315 e. The van der Waals surface area contributed by atoms with Crippen molar-refractivity contribution in [2.24, 2.45) is 23.2 Å². The second kappa shape index (κ2) is 7.65. The number of quaternary nitrogens is 1. The fourth-order valence-electron chi connectivity index (χ4n) is 6.46. The number of piperazine rings is 1. The Hall–Kier alpha value is -1.92. The molecule has 6 heteroatoms. The molecule has 5 rings (SSSR count). The molecule has 1 aromatic rings. The summed E-state index contributed by atoms with van der Waals surface area (Å²) in [7, 11) is 0. The number of aromatic nitrogens is 1. The minimum absolute atomic E-state index is 0.0758. The van der Waals surface area contributed by atoms with Crippen LogP contribution in [-0.4, -0.2) is 56.0 Å². The van der Waals surface area contributed by atoms with Crippen LogP contribution in [0.3, 0.4) is 0 Å². The van der Waals surface area contributed by atoms with Gasteiger partial charge < -0.3 is 14.7 Å². The van der Waals surface area contributed by atoms with E-state index in [-0.39, 0.29) is 29.3 Å². The third kappa shape index (κ3) is 3.16. The van der Waals surface area contributed by atoms with Gasteiger partial charge in [-0.1, -0.05) is 31.6 Å². The average Bonchev–Trinajstić information content (AvgIpc) is 3.07. The predicted molar refractivity (Wildman–Crippen MR) is 113 cm³/mol. The first-order valence-corrected chi connectivity index (χ1v) is 11.6. The van der Waals surface area contributed by atoms with Gasteiger partial charge in [-0.05, 0) is 24.8 Å². The Kier molecular flexibility index (Phi) is 5.10. The maximum absolute atomic E-state index is 12.9. The second-order valence-corrected chi connectivity index (χ2v) is 9.99. The number of carbonyl (C=O) groups is 1. The zero-order valence-corrected chi connectivity index (χ0v) is 18.1. The van der Waals surface area contributed by atoms with Crippen LogP contribution in [0.2, 0.25) is 0 Å². The number of aliphatic hydroxyl groups is 1. The summed E-state index contributed by atoms with van der Waals surface area (Å²) >= 11 is 0. The summed E-state index contributed by atoms with van der Waals surface area (Å²) in [5, 5.41) is 11.5. The molecule has 0 amide bonds. The van der Waals surface area contributed by atoms with Crippen molar-refractivity contribution in [3.63, 3.8) is 0 Å². The number of ether oxygens (including phenoxy) is 1. The number of hydrogen-bond acceptors (Lipinski definition) is 4. The van der Waals surface area contributed by atoms with Gasteiger partial charge in [0, 0.05) is 23.8 Å². The number of rotatable bonds is 3. The van der Waals surface area contributed by atoms with Gasteiger partial charge >= 0.3 is 5.97 Å². The van der Waals surface area contributed by atoms with Crippen molar-refractivity contribution in [3.8, 4) is 0 Å². The number of hydrogen-bond donors (Lipinski definition) is 2. The molecule has 162 valence electrons. The number of esters is 1. The minimum atomic E-state index is -0.506. The van der Waals surface area contributed by atoms with Gasteiger partial charge in [-0.2, -0.15) is 0 Å². The molecule has 3 fully saturated rings. The van der Waals surface area contributed by atoms with E-state index in [0.717, 1.165) is 57.8 Å². The highest BCUT2D eigenvalue weighted by Crippen LogP contribution is 2.55. The molecular formula is C24H35N3O3+2. The van der Waals surface area contributed by atoms with Gasteiger partial charge in [-0.25, -0.2) is 4.98 Å². The topological polar surface area (TPSA) is 68.4 Å². The van der Waals surface area contributed by atoms with Crippen LogP contribution < -0.4 is 14.8 Å². The molecule has 1 aromatic heterocycles. The summed E-state index contributed by atoms with van der Waals surface area (Å²) in [6.07, 6.45) is 6.58. The van der Waals surface area contributed by atoms with Crippen LogP contribution in [0.25, 0.3) is 0 Å². The number of nitrogens with zero attached hydrogens (tertiary/aromatic N) is 1. The summed E-state index contributed by atoms with van der Waals surface area (Å²) in [6.45, 7) is 9.18. The Bertz CT molecular complexity index is 820. The summed E-state index contributed by atoms with van der Waals surface area (Å²) in [4.78, 5) is 20.0. The monoisotopic (exact) mass is 413 g/mol. The van der Waals surface area contributed by atoms with Crippen LogP contribution in [0, 0.1) is 23.2 Å². The fourth-order valence-corrected chi connectivity index (χ4v) is 6.46. The number of pyridine rings is 1. The summed E-state index contributed by atoms with van der Waals surface area (Å²) < 4.78 is 5.84. The fraction of sp³-hybridized carbons (Fsp3) is 0.667. The van der Waals surface area contributed by atoms with Crippen LogP contribution in [0.15, 0.2) is 36.0 Å². The Balaban J connectivity index is 1.28. The van der Waals surface area contributed by atoms with Crippen LogP contribution >= 0.6 is 0 Å². The standard InChI is InChI=1S/C24H33N3O3/c1-16-6-5-7-17-14-19-21(22(28)24(16,17)2)18(23(29)30-19)15-26-10-12-27(13-11-26)20-8-3-4-9-25-20/h3-4,7-9,16,18-19,21-22,28H,5-6,10-15H2,1-2H3/p+2/t16-,18+,19-,21-,22-,24-/m1/s1. The molecule has 2 saturated heterocycles. The molecule has 1 saturated carbocycles. The molecule has 3 heterocycles. The van der Waals surface area contributed by atoms with E-state index in [2.05, 4.69) is 41.9 Å². The number of carbonyl (C=O) groups excluding carboxylic acids is 1. The molecule has 2 aliphatic carbocycles. The van der Waals surface area contributed by atoms with Gasteiger partial charge in [0.15, 0.2) is 0 Å². The molecule has 6 nitrogen and oxygen atoms in total. The third-order valence-electron chi connectivity index (χ3n) is 8.58. The van der Waals surface area contributed by atoms with Crippen LogP contribution in [0.4, 0.5) is 5.82 Å². The first-order chi connectivity index (χ1) is 14.5. The SMILES string of the molecule is C[C@@H]1CCC=C2C[C@H]3OC(=O)[C@@H](C[NH+]4CCN(c5cccc[nH+]5)CC4)[C@H]3[C@@H](O)[C@@]21C. The van der Waals surface area contributed by atoms with E-state index in [1.54, 1.807) is 0 Å². The number of aromatic amines is 1. The first-order valence-electron chi connectivity index (χ1n) is 11.6. The number of aliphatic hydroxyl groups excluding tert-OH is 1. The van der Waals surface area contributed by atoms with Gasteiger partial charge in [0.05, 0.1) is 18.8 Å². The van der Waals surface area contributed by atoms with Gasteiger partial charge in [-0.15, -0.1) is 0 Å². The zero-order chi connectivity index (χ0) is 20.9. The van der Waals surface area contributed by atoms with Gasteiger partial charge in [-0.3, -0.25) is 9.69 Å². The van der Waals surface area contributed by atoms with E-state index in [1.165, 1.54) is 10.5 Å². The molecule has 0 radical (unpaired) electrons. The Morgan fingerprint density at radius 3 is 2.87 bits per heavy atom. The maximum atomic E-state index is 12.9. The second-order valence-electron chi connectivity index (χ2n) is 9.99. The number of anilines is 1. The van der Waals surface area contributed by atoms with Crippen LogP contribution in [-0.2, 0) is 9.53 Å². The molecule has 4 aliphatic rings. The number of allylic oxidation sites excluding steroid dienone is 1. The van der Waals surface area contributed by atoms with Gasteiger partial charge in [0.2, 0.25) is 0 Å². The Morgan fingerprint density at radius 2 is 2.13 bits per heavy atom. The Morgan fingerprint density at radius 1 is 1.33 bits per heavy atom. The van der Waals surface area contributed by atoms with Crippen molar-refractivity contribution < 1.29 is 24.5 Å². The number of H-pyrrole nitrogens is 1. The highest BCUT2D eigenvalue weighted by Gasteiger charge is 2.60. The molecule has 3 N–H and O–H groups in total. The van der Waals surface area contributed by atoms with Gasteiger partial charge in [0.25, 0.3) is 5.82 Å². The average molecular weight is 414 g/mol. The molecule has 0 bridgehead atoms. The van der Waals surface area contributed by atoms with Crippen molar-refractivity contribution in [2.75, 3.05) is 37.6 Å². The molecule has 2 aliphatic heterocycles. The lowest BCUT2D eigenvalue weighted by molar-refractivity contribution is -0.903. The quantitative estimate of drug-likeness (QED) is 0.559. The highest BCUT2D eigenvalue weighted by atomic mass is 16.6. The van der Waals surface area contributed by atoms with Gasteiger partial charge in [0.1, 0.15) is 38.2 Å². The molecule has 30 heavy (non-hydrogen) atoms. The zero-order valence-electron chi connectivity index (χ0n) is 18.1. The minimum Gasteiger partial charge on any atom is -0.461 e. The molecule has 6 atom stereocenters. The first kappa shape index (κ1) is 20.0. The van der Waals surface area contributed by atoms with Crippen molar-refractivity contribution >= 4 is 11.8 Å². The molecular weight excluding hydrogens is 378 g/mol. The summed E-state index contributed by atoms with van der Waals surface area (Å²) in [5.74, 6) is 1.22. The van der Waals surface area contributed by atoms with E-state index < -0.39 is 6.10 Å². The molecule has 0 unspecified atom stereocenters. The third-order valence-corrected chi connectivity index (χ3v) is 8.58.